The summed E-state index contributed by atoms with van der Waals surface area (Å²) in [5, 5.41) is 28.0. The molecule has 0 amide bonds. The Morgan fingerprint density at radius 2 is 2.11 bits per heavy atom. The second-order valence-electron chi connectivity index (χ2n) is 3.82. The largest absolute Gasteiger partial charge is 0.496 e. The highest BCUT2D eigenvalue weighted by Gasteiger charge is 2.22. The number of aliphatic hydroxyl groups is 2. The minimum Gasteiger partial charge on any atom is -0.496 e. The highest BCUT2D eigenvalue weighted by atomic mass is 16.5. The van der Waals surface area contributed by atoms with E-state index in [1.807, 2.05) is 0 Å². The maximum absolute atomic E-state index is 11.4. The number of carbonyl (C=O) groups excluding carboxylic acids is 1. The number of hydrogen-bond donors (Lipinski definition) is 2. The first-order valence-electron chi connectivity index (χ1n) is 5.54. The maximum Gasteiger partial charge on any atom is 0.337 e. The van der Waals surface area contributed by atoms with E-state index >= 15 is 0 Å². The zero-order valence-electron chi connectivity index (χ0n) is 10.7. The van der Waals surface area contributed by atoms with Gasteiger partial charge in [-0.15, -0.1) is 0 Å². The monoisotopic (exact) mass is 265 g/mol. The van der Waals surface area contributed by atoms with E-state index in [1.54, 1.807) is 6.07 Å². The molecule has 0 fully saturated rings. The molecule has 6 nitrogen and oxygen atoms in total. The molecular weight excluding hydrogens is 250 g/mol. The fourth-order valence-corrected chi connectivity index (χ4v) is 1.61. The average molecular weight is 265 g/mol. The summed E-state index contributed by atoms with van der Waals surface area (Å²) in [4.78, 5) is 11.4. The van der Waals surface area contributed by atoms with E-state index < -0.39 is 18.2 Å². The van der Waals surface area contributed by atoms with Gasteiger partial charge >= 0.3 is 5.97 Å². The van der Waals surface area contributed by atoms with Crippen molar-refractivity contribution in [2.24, 2.45) is 0 Å². The summed E-state index contributed by atoms with van der Waals surface area (Å²) in [5.41, 5.74) is 0.572. The Hall–Kier alpha value is -2.10. The SMILES string of the molecule is COC(=O)c1ccc(C(O)C(O)CC#N)c(OC)c1. The van der Waals surface area contributed by atoms with Crippen LogP contribution in [0.5, 0.6) is 5.75 Å². The first-order chi connectivity index (χ1) is 9.04. The van der Waals surface area contributed by atoms with Crippen LogP contribution in [0.1, 0.15) is 28.4 Å². The predicted molar refractivity (Wildman–Crippen MR) is 65.5 cm³/mol. The third-order valence-corrected chi connectivity index (χ3v) is 2.64. The van der Waals surface area contributed by atoms with Crippen LogP contribution in [0.15, 0.2) is 18.2 Å². The minimum absolute atomic E-state index is 0.205. The smallest absolute Gasteiger partial charge is 0.337 e. The summed E-state index contributed by atoms with van der Waals surface area (Å²) in [5.74, 6) is -0.288. The number of rotatable bonds is 5. The molecule has 102 valence electrons. The van der Waals surface area contributed by atoms with E-state index in [2.05, 4.69) is 4.74 Å². The fourth-order valence-electron chi connectivity index (χ4n) is 1.61. The van der Waals surface area contributed by atoms with Crippen LogP contribution >= 0.6 is 0 Å². The number of nitrogens with zero attached hydrogens (tertiary/aromatic N) is 1. The first kappa shape index (κ1) is 15.0. The molecule has 0 aliphatic carbocycles. The van der Waals surface area contributed by atoms with Gasteiger partial charge in [0.25, 0.3) is 0 Å². The van der Waals surface area contributed by atoms with Crippen LogP contribution in [0.2, 0.25) is 0 Å². The van der Waals surface area contributed by atoms with E-state index in [9.17, 15) is 15.0 Å². The number of esters is 1. The van der Waals surface area contributed by atoms with Gasteiger partial charge < -0.3 is 19.7 Å². The van der Waals surface area contributed by atoms with Gasteiger partial charge in [0.1, 0.15) is 11.9 Å². The molecular formula is C13H15NO5. The predicted octanol–water partition coefficient (Wildman–Crippen LogP) is 0.790. The molecule has 0 bridgehead atoms. The Kier molecular flexibility index (Phi) is 5.30. The zero-order chi connectivity index (χ0) is 14.4. The lowest BCUT2D eigenvalue weighted by atomic mass is 10.00. The average Bonchev–Trinajstić information content (AvgIpc) is 2.45. The molecule has 0 aliphatic rings. The Morgan fingerprint density at radius 3 is 2.63 bits per heavy atom. The molecule has 2 N–H and O–H groups in total. The van der Waals surface area contributed by atoms with Gasteiger partial charge in [0.15, 0.2) is 0 Å². The maximum atomic E-state index is 11.4. The molecule has 2 unspecified atom stereocenters. The van der Waals surface area contributed by atoms with E-state index in [-0.39, 0.29) is 17.7 Å². The van der Waals surface area contributed by atoms with Crippen LogP contribution in [0.4, 0.5) is 0 Å². The van der Waals surface area contributed by atoms with E-state index in [0.29, 0.717) is 5.56 Å². The van der Waals surface area contributed by atoms with Gasteiger partial charge in [-0.2, -0.15) is 5.26 Å². The number of aliphatic hydroxyl groups excluding tert-OH is 2. The molecule has 19 heavy (non-hydrogen) atoms. The number of benzene rings is 1. The van der Waals surface area contributed by atoms with Crippen molar-refractivity contribution in [2.45, 2.75) is 18.6 Å². The second kappa shape index (κ2) is 6.73. The lowest BCUT2D eigenvalue weighted by Crippen LogP contribution is -2.18. The molecule has 1 aromatic carbocycles. The summed E-state index contributed by atoms with van der Waals surface area (Å²) in [6.45, 7) is 0. The molecule has 0 spiro atoms. The number of carbonyl (C=O) groups is 1. The van der Waals surface area contributed by atoms with Gasteiger partial charge in [-0.25, -0.2) is 4.79 Å². The van der Waals surface area contributed by atoms with Crippen LogP contribution < -0.4 is 4.74 Å². The number of methoxy groups -OCH3 is 2. The summed E-state index contributed by atoms with van der Waals surface area (Å²) in [6.07, 6.45) is -2.69. The zero-order valence-corrected chi connectivity index (χ0v) is 10.7. The van der Waals surface area contributed by atoms with Crippen LogP contribution in [0, 0.1) is 11.3 Å². The normalized spacial score (nSPS) is 13.2. The third-order valence-electron chi connectivity index (χ3n) is 2.64. The van der Waals surface area contributed by atoms with Crippen LogP contribution in [-0.4, -0.2) is 36.5 Å². The van der Waals surface area contributed by atoms with Crippen molar-refractivity contribution in [1.82, 2.24) is 0 Å². The van der Waals surface area contributed by atoms with Crippen LogP contribution in [0.3, 0.4) is 0 Å². The van der Waals surface area contributed by atoms with Gasteiger partial charge in [-0.05, 0) is 12.1 Å². The Balaban J connectivity index is 3.09. The Labute approximate surface area is 110 Å². The van der Waals surface area contributed by atoms with Crippen LogP contribution in [-0.2, 0) is 4.74 Å². The summed E-state index contributed by atoms with van der Waals surface area (Å²) in [6, 6.07) is 6.08. The molecule has 1 aromatic rings. The molecule has 0 aliphatic heterocycles. The van der Waals surface area contributed by atoms with Gasteiger partial charge in [-0.1, -0.05) is 6.07 Å². The molecule has 0 saturated heterocycles. The summed E-state index contributed by atoms with van der Waals surface area (Å²) >= 11 is 0. The minimum atomic E-state index is -1.26. The van der Waals surface area contributed by atoms with Crippen molar-refractivity contribution < 1.29 is 24.5 Å². The van der Waals surface area contributed by atoms with Gasteiger partial charge in [-0.3, -0.25) is 0 Å². The van der Waals surface area contributed by atoms with Gasteiger partial charge in [0.05, 0.1) is 38.4 Å². The second-order valence-corrected chi connectivity index (χ2v) is 3.82. The highest BCUT2D eigenvalue weighted by molar-refractivity contribution is 5.89. The topological polar surface area (TPSA) is 99.8 Å². The first-order valence-corrected chi connectivity index (χ1v) is 5.54. The number of ether oxygens (including phenoxy) is 2. The summed E-state index contributed by atoms with van der Waals surface area (Å²) < 4.78 is 9.64. The number of hydrogen-bond acceptors (Lipinski definition) is 6. The molecule has 0 saturated carbocycles. The number of nitriles is 1. The van der Waals surface area contributed by atoms with E-state index in [4.69, 9.17) is 10.00 Å². The standard InChI is InChI=1S/C13H15NO5/c1-18-11-7-8(13(17)19-2)3-4-9(11)12(16)10(15)5-6-14/h3-4,7,10,12,15-16H,5H2,1-2H3. The lowest BCUT2D eigenvalue weighted by Gasteiger charge is -2.18. The van der Waals surface area contributed by atoms with Crippen molar-refractivity contribution in [3.05, 3.63) is 29.3 Å². The highest BCUT2D eigenvalue weighted by Crippen LogP contribution is 2.29. The van der Waals surface area contributed by atoms with Crippen molar-refractivity contribution in [3.8, 4) is 11.8 Å². The van der Waals surface area contributed by atoms with Crippen molar-refractivity contribution in [3.63, 3.8) is 0 Å². The fraction of sp³-hybridized carbons (Fsp3) is 0.385. The Bertz CT molecular complexity index is 494. The molecule has 0 radical (unpaired) electrons. The molecule has 1 rings (SSSR count). The molecule has 2 atom stereocenters. The van der Waals surface area contributed by atoms with Crippen molar-refractivity contribution in [2.75, 3.05) is 14.2 Å². The van der Waals surface area contributed by atoms with Crippen molar-refractivity contribution in [1.29, 1.82) is 5.26 Å². The molecule has 0 aromatic heterocycles. The van der Waals surface area contributed by atoms with Gasteiger partial charge in [0, 0.05) is 5.56 Å². The van der Waals surface area contributed by atoms with E-state index in [0.717, 1.165) is 0 Å². The molecule has 6 heteroatoms. The Morgan fingerprint density at radius 1 is 1.42 bits per heavy atom. The molecule has 0 heterocycles. The quantitative estimate of drug-likeness (QED) is 0.763. The van der Waals surface area contributed by atoms with Gasteiger partial charge in [0.2, 0.25) is 0 Å². The van der Waals surface area contributed by atoms with E-state index in [1.165, 1.54) is 32.4 Å². The van der Waals surface area contributed by atoms with Crippen LogP contribution in [0.25, 0.3) is 0 Å². The third kappa shape index (κ3) is 3.44. The lowest BCUT2D eigenvalue weighted by molar-refractivity contribution is 0.0202. The van der Waals surface area contributed by atoms with Crippen molar-refractivity contribution >= 4 is 5.97 Å². The summed E-state index contributed by atoms with van der Waals surface area (Å²) in [7, 11) is 2.64.